The second kappa shape index (κ2) is 9.05. The molecule has 3 N–H and O–H groups in total. The molecule has 0 heterocycles. The Bertz CT molecular complexity index is 609. The highest BCUT2D eigenvalue weighted by Crippen LogP contribution is 2.21. The van der Waals surface area contributed by atoms with Crippen molar-refractivity contribution in [2.75, 3.05) is 6.54 Å². The number of aliphatic hydroxyl groups is 1. The number of nitrogens with one attached hydrogen (secondary N) is 2. The minimum atomic E-state index is -4.74. The van der Waals surface area contributed by atoms with E-state index in [4.69, 9.17) is 16.7 Å². The van der Waals surface area contributed by atoms with Crippen LogP contribution in [0.15, 0.2) is 24.3 Å². The van der Waals surface area contributed by atoms with Crippen molar-refractivity contribution < 1.29 is 27.9 Å². The number of carbonyl (C=O) groups is 2. The lowest BCUT2D eigenvalue weighted by Gasteiger charge is -2.22. The van der Waals surface area contributed by atoms with Gasteiger partial charge >= 0.3 is 6.18 Å². The first-order chi connectivity index (χ1) is 11.5. The van der Waals surface area contributed by atoms with Crippen LogP contribution >= 0.6 is 11.6 Å². The highest BCUT2D eigenvalue weighted by molar-refractivity contribution is 6.33. The molecule has 5 nitrogen and oxygen atoms in total. The summed E-state index contributed by atoms with van der Waals surface area (Å²) in [7, 11) is 0. The number of carbonyl (C=O) groups excluding carboxylic acids is 2. The molecule has 0 saturated heterocycles. The van der Waals surface area contributed by atoms with E-state index in [9.17, 15) is 22.8 Å². The van der Waals surface area contributed by atoms with Crippen LogP contribution in [0.1, 0.15) is 30.6 Å². The smallest absolute Gasteiger partial charge is 0.384 e. The molecule has 9 heteroatoms. The van der Waals surface area contributed by atoms with E-state index in [0.29, 0.717) is 0 Å². The van der Waals surface area contributed by atoms with Crippen molar-refractivity contribution in [3.05, 3.63) is 34.9 Å². The van der Waals surface area contributed by atoms with Crippen LogP contribution in [0.5, 0.6) is 0 Å². The fraction of sp³-hybridized carbons (Fsp3) is 0.500. The standard InChI is InChI=1S/C16H20ClF3N2O3/c1-9(2)13(15(25)21-8-7-12(23)16(18,19)20)22-14(24)10-5-3-4-6-11(10)17/h3-6,9,12-13,23H,7-8H2,1-2H3,(H,21,25)(H,22,24)/t12-,13+/m1/s1. The molecule has 1 aromatic carbocycles. The average Bonchev–Trinajstić information content (AvgIpc) is 2.51. The van der Waals surface area contributed by atoms with Crippen molar-refractivity contribution in [1.29, 1.82) is 0 Å². The van der Waals surface area contributed by atoms with Gasteiger partial charge in [0.05, 0.1) is 10.6 Å². The van der Waals surface area contributed by atoms with E-state index in [1.54, 1.807) is 26.0 Å². The summed E-state index contributed by atoms with van der Waals surface area (Å²) in [6.45, 7) is 2.99. The molecule has 25 heavy (non-hydrogen) atoms. The van der Waals surface area contributed by atoms with Gasteiger partial charge in [0.2, 0.25) is 5.91 Å². The fourth-order valence-corrected chi connectivity index (χ4v) is 2.23. The van der Waals surface area contributed by atoms with Crippen molar-refractivity contribution in [3.63, 3.8) is 0 Å². The number of halogens is 4. The Morgan fingerprint density at radius 1 is 1.24 bits per heavy atom. The molecule has 140 valence electrons. The second-order valence-corrected chi connectivity index (χ2v) is 6.22. The SMILES string of the molecule is CC(C)[C@H](NC(=O)c1ccccc1Cl)C(=O)NCC[C@@H](O)C(F)(F)F. The molecule has 0 aliphatic heterocycles. The molecule has 0 aliphatic rings. The Balaban J connectivity index is 2.66. The fourth-order valence-electron chi connectivity index (χ4n) is 2.01. The van der Waals surface area contributed by atoms with E-state index in [1.807, 2.05) is 0 Å². The first kappa shape index (κ1) is 21.2. The van der Waals surface area contributed by atoms with Crippen LogP contribution in [0.4, 0.5) is 13.2 Å². The van der Waals surface area contributed by atoms with E-state index in [2.05, 4.69) is 10.6 Å². The van der Waals surface area contributed by atoms with Gasteiger partial charge < -0.3 is 15.7 Å². The van der Waals surface area contributed by atoms with E-state index < -0.39 is 36.6 Å². The lowest BCUT2D eigenvalue weighted by atomic mass is 10.0. The first-order valence-corrected chi connectivity index (χ1v) is 7.99. The molecule has 2 atom stereocenters. The maximum atomic E-state index is 12.2. The van der Waals surface area contributed by atoms with Gasteiger partial charge in [-0.1, -0.05) is 37.6 Å². The molecule has 1 aromatic rings. The summed E-state index contributed by atoms with van der Waals surface area (Å²) in [5.74, 6) is -1.50. The minimum absolute atomic E-state index is 0.190. The average molecular weight is 381 g/mol. The van der Waals surface area contributed by atoms with Crippen molar-refractivity contribution in [2.45, 2.75) is 38.6 Å². The summed E-state index contributed by atoms with van der Waals surface area (Å²) in [4.78, 5) is 24.4. The van der Waals surface area contributed by atoms with Crippen LogP contribution in [0, 0.1) is 5.92 Å². The number of amides is 2. The molecule has 0 aliphatic carbocycles. The van der Waals surface area contributed by atoms with Gasteiger partial charge in [-0.25, -0.2) is 0 Å². The summed E-state index contributed by atoms with van der Waals surface area (Å²) < 4.78 is 36.7. The zero-order valence-corrected chi connectivity index (χ0v) is 14.5. The summed E-state index contributed by atoms with van der Waals surface area (Å²) in [6.07, 6.45) is -7.91. The Labute approximate surface area is 148 Å². The van der Waals surface area contributed by atoms with Crippen molar-refractivity contribution in [3.8, 4) is 0 Å². The van der Waals surface area contributed by atoms with Crippen LogP contribution in [-0.4, -0.2) is 41.8 Å². The normalized spacial score (nSPS) is 14.1. The van der Waals surface area contributed by atoms with Gasteiger partial charge in [0, 0.05) is 6.54 Å². The van der Waals surface area contributed by atoms with E-state index in [0.717, 1.165) is 0 Å². The van der Waals surface area contributed by atoms with Gasteiger partial charge in [0.15, 0.2) is 6.10 Å². The molecule has 0 bridgehead atoms. The highest BCUT2D eigenvalue weighted by Gasteiger charge is 2.37. The zero-order valence-electron chi connectivity index (χ0n) is 13.7. The predicted molar refractivity (Wildman–Crippen MR) is 87.2 cm³/mol. The Morgan fingerprint density at radius 3 is 2.36 bits per heavy atom. The lowest BCUT2D eigenvalue weighted by molar-refractivity contribution is -0.205. The third-order valence-electron chi connectivity index (χ3n) is 3.45. The number of rotatable bonds is 7. The van der Waals surface area contributed by atoms with Crippen molar-refractivity contribution in [2.24, 2.45) is 5.92 Å². The molecule has 1 rings (SSSR count). The van der Waals surface area contributed by atoms with Gasteiger partial charge in [-0.05, 0) is 24.5 Å². The first-order valence-electron chi connectivity index (χ1n) is 7.62. The molecular weight excluding hydrogens is 361 g/mol. The number of benzene rings is 1. The van der Waals surface area contributed by atoms with Crippen LogP contribution < -0.4 is 10.6 Å². The van der Waals surface area contributed by atoms with Gasteiger partial charge in [-0.3, -0.25) is 9.59 Å². The number of hydrogen-bond donors (Lipinski definition) is 3. The molecular formula is C16H20ClF3N2O3. The highest BCUT2D eigenvalue weighted by atomic mass is 35.5. The number of aliphatic hydroxyl groups excluding tert-OH is 1. The van der Waals surface area contributed by atoms with E-state index in [1.165, 1.54) is 12.1 Å². The summed E-state index contributed by atoms with van der Waals surface area (Å²) in [6, 6.07) is 5.33. The largest absolute Gasteiger partial charge is 0.414 e. The van der Waals surface area contributed by atoms with Gasteiger partial charge in [0.1, 0.15) is 6.04 Å². The Hall–Kier alpha value is -1.80. The quantitative estimate of drug-likeness (QED) is 0.680. The molecule has 0 unspecified atom stereocenters. The lowest BCUT2D eigenvalue weighted by Crippen LogP contribution is -2.50. The summed E-state index contributed by atoms with van der Waals surface area (Å²) >= 11 is 5.93. The molecule has 0 saturated carbocycles. The summed E-state index contributed by atoms with van der Waals surface area (Å²) in [5, 5.41) is 13.9. The van der Waals surface area contributed by atoms with E-state index >= 15 is 0 Å². The van der Waals surface area contributed by atoms with Crippen molar-refractivity contribution >= 4 is 23.4 Å². The zero-order chi connectivity index (χ0) is 19.2. The third kappa shape index (κ3) is 6.55. The van der Waals surface area contributed by atoms with Gasteiger partial charge in [0.25, 0.3) is 5.91 Å². The molecule has 0 radical (unpaired) electrons. The molecule has 0 aromatic heterocycles. The maximum absolute atomic E-state index is 12.2. The predicted octanol–water partition coefficient (Wildman–Crippen LogP) is 2.52. The Kier molecular flexibility index (Phi) is 7.69. The van der Waals surface area contributed by atoms with Crippen LogP contribution in [0.25, 0.3) is 0 Å². The van der Waals surface area contributed by atoms with E-state index in [-0.39, 0.29) is 23.0 Å². The summed E-state index contributed by atoms with van der Waals surface area (Å²) in [5.41, 5.74) is 0.190. The molecule has 2 amide bonds. The number of hydrogen-bond acceptors (Lipinski definition) is 3. The molecule has 0 spiro atoms. The van der Waals surface area contributed by atoms with Crippen LogP contribution in [-0.2, 0) is 4.79 Å². The van der Waals surface area contributed by atoms with Gasteiger partial charge in [-0.15, -0.1) is 0 Å². The minimum Gasteiger partial charge on any atom is -0.384 e. The Morgan fingerprint density at radius 2 is 1.84 bits per heavy atom. The van der Waals surface area contributed by atoms with Crippen molar-refractivity contribution in [1.82, 2.24) is 10.6 Å². The van der Waals surface area contributed by atoms with Crippen LogP contribution in [0.3, 0.4) is 0 Å². The van der Waals surface area contributed by atoms with Gasteiger partial charge in [-0.2, -0.15) is 13.2 Å². The maximum Gasteiger partial charge on any atom is 0.414 e. The monoisotopic (exact) mass is 380 g/mol. The van der Waals surface area contributed by atoms with Crippen LogP contribution in [0.2, 0.25) is 5.02 Å². The topological polar surface area (TPSA) is 78.4 Å². The third-order valence-corrected chi connectivity index (χ3v) is 3.78. The number of alkyl halides is 3. The molecule has 0 fully saturated rings. The second-order valence-electron chi connectivity index (χ2n) is 5.81.